The zero-order valence-corrected chi connectivity index (χ0v) is 18.6. The molecule has 0 atom stereocenters. The van der Waals surface area contributed by atoms with Gasteiger partial charge in [-0.3, -0.25) is 4.99 Å². The Morgan fingerprint density at radius 1 is 1.24 bits per heavy atom. The highest BCUT2D eigenvalue weighted by Gasteiger charge is 2.03. The first kappa shape index (κ1) is 22.2. The summed E-state index contributed by atoms with van der Waals surface area (Å²) in [5, 5.41) is 13.8. The summed E-state index contributed by atoms with van der Waals surface area (Å²) in [6.07, 6.45) is 2.43. The molecule has 0 bridgehead atoms. The quantitative estimate of drug-likeness (QED) is 0.228. The Balaban J connectivity index is 0.00000312. The van der Waals surface area contributed by atoms with E-state index in [1.54, 1.807) is 30.6 Å². The number of anilines is 1. The summed E-state index contributed by atoms with van der Waals surface area (Å²) < 4.78 is 0. The van der Waals surface area contributed by atoms with Crippen molar-refractivity contribution < 1.29 is 0 Å². The van der Waals surface area contributed by atoms with Crippen molar-refractivity contribution in [2.45, 2.75) is 13.3 Å². The Kier molecular flexibility index (Phi) is 10.4. The highest BCUT2D eigenvalue weighted by molar-refractivity contribution is 14.0. The maximum absolute atomic E-state index is 6.06. The molecule has 0 amide bonds. The lowest BCUT2D eigenvalue weighted by atomic mass is 10.3. The van der Waals surface area contributed by atoms with Crippen LogP contribution in [0.15, 0.2) is 22.6 Å². The molecule has 0 saturated heterocycles. The summed E-state index contributed by atoms with van der Waals surface area (Å²) in [6.45, 7) is 4.12. The number of guanidine groups is 1. The number of nitrogens with zero attached hydrogens (tertiary/aromatic N) is 3. The molecule has 0 aromatic carbocycles. The summed E-state index contributed by atoms with van der Waals surface area (Å²) >= 11 is 13.5. The standard InChI is InChI=1S/C15H20Cl2N6S.HI/c1-10-23-12(9-24-10)3-4-20-15(18-2)21-6-5-19-14-13(17)7-11(16)8-22-14;/h7-9H,3-6H2,1-2H3,(H,19,22)(H2,18,20,21);1H. The SMILES string of the molecule is CN=C(NCCNc1ncc(Cl)cc1Cl)NCCc1csc(C)n1.I. The van der Waals surface area contributed by atoms with E-state index in [1.807, 2.05) is 6.92 Å². The smallest absolute Gasteiger partial charge is 0.191 e. The van der Waals surface area contributed by atoms with Crippen LogP contribution in [-0.4, -0.2) is 42.6 Å². The average molecular weight is 515 g/mol. The number of halogens is 3. The van der Waals surface area contributed by atoms with E-state index in [-0.39, 0.29) is 24.0 Å². The van der Waals surface area contributed by atoms with Crippen LogP contribution in [0.5, 0.6) is 0 Å². The van der Waals surface area contributed by atoms with Crippen molar-refractivity contribution in [3.05, 3.63) is 38.4 Å². The van der Waals surface area contributed by atoms with Crippen LogP contribution in [0.1, 0.15) is 10.7 Å². The molecule has 2 aromatic heterocycles. The number of aromatic nitrogens is 2. The number of aliphatic imine (C=N–C) groups is 1. The van der Waals surface area contributed by atoms with Gasteiger partial charge >= 0.3 is 0 Å². The Bertz CT molecular complexity index is 694. The molecule has 0 fully saturated rings. The molecule has 0 spiro atoms. The summed E-state index contributed by atoms with van der Waals surface area (Å²) in [5.41, 5.74) is 1.10. The van der Waals surface area contributed by atoms with E-state index in [9.17, 15) is 0 Å². The van der Waals surface area contributed by atoms with Crippen LogP contribution in [0.3, 0.4) is 0 Å². The molecule has 6 nitrogen and oxygen atoms in total. The van der Waals surface area contributed by atoms with Gasteiger partial charge in [-0.1, -0.05) is 23.2 Å². The predicted molar refractivity (Wildman–Crippen MR) is 118 cm³/mol. The number of rotatable bonds is 7. The molecule has 0 aliphatic rings. The lowest BCUT2D eigenvalue weighted by molar-refractivity contribution is 0.788. The Morgan fingerprint density at radius 3 is 2.64 bits per heavy atom. The fourth-order valence-electron chi connectivity index (χ4n) is 1.96. The Hall–Kier alpha value is -0.840. The van der Waals surface area contributed by atoms with Crippen molar-refractivity contribution >= 4 is 70.3 Å². The normalized spacial score (nSPS) is 11.0. The molecule has 0 radical (unpaired) electrons. The molecule has 0 aliphatic carbocycles. The highest BCUT2D eigenvalue weighted by Crippen LogP contribution is 2.21. The monoisotopic (exact) mass is 514 g/mol. The van der Waals surface area contributed by atoms with E-state index < -0.39 is 0 Å². The van der Waals surface area contributed by atoms with E-state index in [1.165, 1.54) is 0 Å². The van der Waals surface area contributed by atoms with Gasteiger partial charge in [-0.05, 0) is 13.0 Å². The number of aryl methyl sites for hydroxylation is 1. The van der Waals surface area contributed by atoms with Crippen LogP contribution in [0.2, 0.25) is 10.0 Å². The van der Waals surface area contributed by atoms with Crippen LogP contribution < -0.4 is 16.0 Å². The molecule has 10 heteroatoms. The van der Waals surface area contributed by atoms with E-state index >= 15 is 0 Å². The van der Waals surface area contributed by atoms with Crippen LogP contribution in [0.4, 0.5) is 5.82 Å². The fourth-order valence-corrected chi connectivity index (χ4v) is 3.05. The lowest BCUT2D eigenvalue weighted by Gasteiger charge is -2.12. The topological polar surface area (TPSA) is 74.2 Å². The van der Waals surface area contributed by atoms with Gasteiger partial charge in [0.25, 0.3) is 0 Å². The molecule has 25 heavy (non-hydrogen) atoms. The number of hydrogen-bond acceptors (Lipinski definition) is 5. The van der Waals surface area contributed by atoms with E-state index in [0.717, 1.165) is 29.6 Å². The maximum atomic E-state index is 6.06. The average Bonchev–Trinajstić information content (AvgIpc) is 2.96. The largest absolute Gasteiger partial charge is 0.367 e. The van der Waals surface area contributed by atoms with Crippen molar-refractivity contribution in [3.63, 3.8) is 0 Å². The molecule has 2 aromatic rings. The van der Waals surface area contributed by atoms with Crippen molar-refractivity contribution in [2.75, 3.05) is 32.0 Å². The zero-order valence-electron chi connectivity index (χ0n) is 14.0. The lowest BCUT2D eigenvalue weighted by Crippen LogP contribution is -2.40. The summed E-state index contributed by atoms with van der Waals surface area (Å²) in [4.78, 5) is 12.8. The third-order valence-corrected chi connectivity index (χ3v) is 4.40. The van der Waals surface area contributed by atoms with Gasteiger partial charge in [0.05, 0.1) is 20.7 Å². The van der Waals surface area contributed by atoms with Crippen molar-refractivity contribution in [3.8, 4) is 0 Å². The van der Waals surface area contributed by atoms with Gasteiger partial charge in [-0.15, -0.1) is 35.3 Å². The number of hydrogen-bond donors (Lipinski definition) is 3. The van der Waals surface area contributed by atoms with Gasteiger partial charge < -0.3 is 16.0 Å². The van der Waals surface area contributed by atoms with Crippen molar-refractivity contribution in [2.24, 2.45) is 4.99 Å². The minimum atomic E-state index is 0. The first-order valence-electron chi connectivity index (χ1n) is 7.49. The van der Waals surface area contributed by atoms with Gasteiger partial charge in [-0.25, -0.2) is 9.97 Å². The second-order valence-corrected chi connectivity index (χ2v) is 6.85. The number of nitrogens with one attached hydrogen (secondary N) is 3. The van der Waals surface area contributed by atoms with Gasteiger partial charge in [0.1, 0.15) is 5.82 Å². The van der Waals surface area contributed by atoms with E-state index in [2.05, 4.69) is 36.3 Å². The molecule has 0 aliphatic heterocycles. The van der Waals surface area contributed by atoms with Gasteiger partial charge in [0.15, 0.2) is 5.96 Å². The highest BCUT2D eigenvalue weighted by atomic mass is 127. The molecular formula is C15H21Cl2IN6S. The first-order chi connectivity index (χ1) is 11.6. The molecule has 0 unspecified atom stereocenters. The summed E-state index contributed by atoms with van der Waals surface area (Å²) in [7, 11) is 1.74. The Labute approximate surface area is 178 Å². The minimum absolute atomic E-state index is 0. The van der Waals surface area contributed by atoms with Crippen LogP contribution >= 0.6 is 58.5 Å². The fraction of sp³-hybridized carbons (Fsp3) is 0.400. The van der Waals surface area contributed by atoms with Gasteiger partial charge in [0, 0.05) is 44.7 Å². The van der Waals surface area contributed by atoms with Gasteiger partial charge in [0.2, 0.25) is 0 Å². The summed E-state index contributed by atoms with van der Waals surface area (Å²) in [5.74, 6) is 1.36. The first-order valence-corrected chi connectivity index (χ1v) is 9.12. The molecule has 3 N–H and O–H groups in total. The predicted octanol–water partition coefficient (Wildman–Crippen LogP) is 3.59. The molecule has 0 saturated carbocycles. The number of thiazole rings is 1. The molecule has 2 heterocycles. The third-order valence-electron chi connectivity index (χ3n) is 3.08. The Morgan fingerprint density at radius 2 is 2.00 bits per heavy atom. The second-order valence-electron chi connectivity index (χ2n) is 4.94. The maximum Gasteiger partial charge on any atom is 0.191 e. The summed E-state index contributed by atoms with van der Waals surface area (Å²) in [6, 6.07) is 1.66. The van der Waals surface area contributed by atoms with E-state index in [4.69, 9.17) is 23.2 Å². The second kappa shape index (κ2) is 11.7. The zero-order chi connectivity index (χ0) is 17.4. The molecular weight excluding hydrogens is 494 g/mol. The van der Waals surface area contributed by atoms with Crippen LogP contribution in [-0.2, 0) is 6.42 Å². The number of pyridine rings is 1. The molecule has 138 valence electrons. The third kappa shape index (κ3) is 7.93. The van der Waals surface area contributed by atoms with Crippen molar-refractivity contribution in [1.82, 2.24) is 20.6 Å². The van der Waals surface area contributed by atoms with Gasteiger partial charge in [-0.2, -0.15) is 0 Å². The van der Waals surface area contributed by atoms with Crippen molar-refractivity contribution in [1.29, 1.82) is 0 Å². The van der Waals surface area contributed by atoms with Crippen LogP contribution in [0.25, 0.3) is 0 Å². The minimum Gasteiger partial charge on any atom is -0.367 e. The van der Waals surface area contributed by atoms with Crippen LogP contribution in [0, 0.1) is 6.92 Å². The van der Waals surface area contributed by atoms with E-state index in [0.29, 0.717) is 29.0 Å². The molecule has 2 rings (SSSR count).